The Morgan fingerprint density at radius 1 is 1.08 bits per heavy atom. The van der Waals surface area contributed by atoms with Gasteiger partial charge in [-0.2, -0.15) is 5.10 Å². The van der Waals surface area contributed by atoms with Crippen molar-refractivity contribution >= 4 is 17.5 Å². The Bertz CT molecular complexity index is 1340. The maximum Gasteiger partial charge on any atom is 0.319 e. The molecular formula is C29H35N5O4. The zero-order chi connectivity index (χ0) is 26.8. The fourth-order valence-corrected chi connectivity index (χ4v) is 5.85. The predicted molar refractivity (Wildman–Crippen MR) is 146 cm³/mol. The normalized spacial score (nSPS) is 22.1. The molecule has 3 aromatic rings. The Balaban J connectivity index is 1.21. The lowest BCUT2D eigenvalue weighted by Gasteiger charge is -2.49. The number of hydrogen-bond acceptors (Lipinski definition) is 6. The summed E-state index contributed by atoms with van der Waals surface area (Å²) < 4.78 is 12.9. The van der Waals surface area contributed by atoms with Gasteiger partial charge in [0.05, 0.1) is 19.9 Å². The fourth-order valence-electron chi connectivity index (χ4n) is 5.85. The van der Waals surface area contributed by atoms with Crippen LogP contribution >= 0.6 is 0 Å². The van der Waals surface area contributed by atoms with Crippen LogP contribution in [-0.4, -0.2) is 66.4 Å². The van der Waals surface area contributed by atoms with Crippen LogP contribution in [0, 0.1) is 5.92 Å². The first kappa shape index (κ1) is 25.8. The number of nitrogens with zero attached hydrogens (tertiary/aromatic N) is 3. The Kier molecular flexibility index (Phi) is 7.37. The molecular weight excluding hydrogens is 482 g/mol. The summed E-state index contributed by atoms with van der Waals surface area (Å²) in [5, 5.41) is 10.7. The molecule has 3 fully saturated rings. The molecule has 3 saturated heterocycles. The van der Waals surface area contributed by atoms with Crippen LogP contribution in [0.3, 0.4) is 0 Å². The first-order valence-corrected chi connectivity index (χ1v) is 13.0. The van der Waals surface area contributed by atoms with E-state index in [9.17, 15) is 9.59 Å². The molecule has 4 atom stereocenters. The van der Waals surface area contributed by atoms with E-state index in [1.807, 2.05) is 29.9 Å². The van der Waals surface area contributed by atoms with Crippen LogP contribution in [0.2, 0.25) is 0 Å². The lowest BCUT2D eigenvalue weighted by molar-refractivity contribution is 0.0296. The van der Waals surface area contributed by atoms with Crippen molar-refractivity contribution in [2.75, 3.05) is 39.2 Å². The maximum absolute atomic E-state index is 12.5. The smallest absolute Gasteiger partial charge is 0.319 e. The van der Waals surface area contributed by atoms with Crippen LogP contribution in [0.5, 0.6) is 11.5 Å². The highest BCUT2D eigenvalue weighted by Crippen LogP contribution is 2.42. The van der Waals surface area contributed by atoms with Crippen LogP contribution in [0.15, 0.2) is 48.5 Å². The number of carbonyl (C=O) groups is 2. The number of Topliss-reactive ketones (excluding diaryl/α,β-unsaturated/α-hetero) is 1. The molecule has 0 aliphatic carbocycles. The van der Waals surface area contributed by atoms with Gasteiger partial charge in [0.25, 0.3) is 0 Å². The number of aromatic nitrogens is 2. The molecule has 2 N–H and O–H groups in total. The molecule has 2 bridgehead atoms. The number of aryl methyl sites for hydroxylation is 1. The summed E-state index contributed by atoms with van der Waals surface area (Å²) in [6.07, 6.45) is 2.17. The number of amides is 2. The van der Waals surface area contributed by atoms with E-state index in [2.05, 4.69) is 21.6 Å². The second-order valence-electron chi connectivity index (χ2n) is 10.2. The van der Waals surface area contributed by atoms with Crippen LogP contribution in [0.4, 0.5) is 10.5 Å². The standard InChI is InChI=1S/C29H35N5O4/c1-18(35)19-6-5-7-22(12-19)31-29(36)30-16-23-13-20-10-11-34(23)17-24(20)26-15-25(32-33(26)2)21-8-9-27(37-3)28(14-21)38-4/h5-9,12,14-15,20,23-24H,10-11,13,16-17H2,1-4H3,(H2,30,31,36)/t20-,23+,24-/m0/s1. The van der Waals surface area contributed by atoms with E-state index in [1.54, 1.807) is 38.5 Å². The number of rotatable bonds is 8. The summed E-state index contributed by atoms with van der Waals surface area (Å²) in [6, 6.07) is 15.1. The van der Waals surface area contributed by atoms with E-state index >= 15 is 0 Å². The van der Waals surface area contributed by atoms with E-state index in [0.717, 1.165) is 37.2 Å². The Morgan fingerprint density at radius 3 is 2.61 bits per heavy atom. The highest BCUT2D eigenvalue weighted by atomic mass is 16.5. The first-order chi connectivity index (χ1) is 18.4. The van der Waals surface area contributed by atoms with E-state index in [-0.39, 0.29) is 11.8 Å². The van der Waals surface area contributed by atoms with Gasteiger partial charge in [0, 0.05) is 54.6 Å². The lowest BCUT2D eigenvalue weighted by atomic mass is 9.74. The monoisotopic (exact) mass is 517 g/mol. The minimum atomic E-state index is -0.254. The largest absolute Gasteiger partial charge is 0.493 e. The summed E-state index contributed by atoms with van der Waals surface area (Å²) in [6.45, 7) is 4.09. The number of piperidine rings is 3. The van der Waals surface area contributed by atoms with Crippen LogP contribution in [0.1, 0.15) is 41.7 Å². The van der Waals surface area contributed by atoms with E-state index in [4.69, 9.17) is 14.6 Å². The Hall–Kier alpha value is -3.85. The molecule has 3 aliphatic rings. The van der Waals surface area contributed by atoms with Crippen molar-refractivity contribution in [1.82, 2.24) is 20.0 Å². The van der Waals surface area contributed by atoms with Gasteiger partial charge in [-0.3, -0.25) is 14.4 Å². The summed E-state index contributed by atoms with van der Waals surface area (Å²) >= 11 is 0. The number of hydrogen-bond donors (Lipinski definition) is 2. The van der Waals surface area contributed by atoms with E-state index < -0.39 is 0 Å². The van der Waals surface area contributed by atoms with Crippen molar-refractivity contribution in [2.24, 2.45) is 13.0 Å². The van der Waals surface area contributed by atoms with Gasteiger partial charge >= 0.3 is 6.03 Å². The number of ketones is 1. The highest BCUT2D eigenvalue weighted by Gasteiger charge is 2.41. The van der Waals surface area contributed by atoms with E-state index in [1.165, 1.54) is 12.6 Å². The summed E-state index contributed by atoms with van der Waals surface area (Å²) in [5.74, 6) is 2.29. The van der Waals surface area contributed by atoms with Gasteiger partial charge in [-0.25, -0.2) is 4.79 Å². The minimum Gasteiger partial charge on any atom is -0.493 e. The van der Waals surface area contributed by atoms with Gasteiger partial charge in [-0.05, 0) is 68.6 Å². The second kappa shape index (κ2) is 10.9. The second-order valence-corrected chi connectivity index (χ2v) is 10.2. The molecule has 1 unspecified atom stereocenters. The Morgan fingerprint density at radius 2 is 1.89 bits per heavy atom. The summed E-state index contributed by atoms with van der Waals surface area (Å²) in [5.41, 5.74) is 4.34. The number of nitrogens with one attached hydrogen (secondary N) is 2. The molecule has 9 heteroatoms. The van der Waals surface area contributed by atoms with Gasteiger partial charge in [0.2, 0.25) is 0 Å². The van der Waals surface area contributed by atoms with Crippen LogP contribution < -0.4 is 20.1 Å². The molecule has 0 spiro atoms. The van der Waals surface area contributed by atoms with Gasteiger partial charge in [-0.15, -0.1) is 0 Å². The van der Waals surface area contributed by atoms with Crippen molar-refractivity contribution in [1.29, 1.82) is 0 Å². The first-order valence-electron chi connectivity index (χ1n) is 13.0. The molecule has 1 aromatic heterocycles. The SMILES string of the molecule is COc1ccc(-c2cc([C@H]3CN4CC[C@H]3C[C@@H]4CNC(=O)Nc3cccc(C(C)=O)c3)n(C)n2)cc1OC. The molecule has 0 saturated carbocycles. The summed E-state index contributed by atoms with van der Waals surface area (Å²) in [4.78, 5) is 26.6. The molecule has 3 aliphatic heterocycles. The fraction of sp³-hybridized carbons (Fsp3) is 0.414. The quantitative estimate of drug-likeness (QED) is 0.432. The number of benzene rings is 2. The molecule has 9 nitrogen and oxygen atoms in total. The number of urea groups is 1. The van der Waals surface area contributed by atoms with Gasteiger partial charge in [0.1, 0.15) is 0 Å². The molecule has 0 radical (unpaired) electrons. The van der Waals surface area contributed by atoms with Crippen molar-refractivity contribution in [3.8, 4) is 22.8 Å². The third-order valence-corrected chi connectivity index (χ3v) is 7.88. The topological polar surface area (TPSA) is 97.7 Å². The molecule has 38 heavy (non-hydrogen) atoms. The molecule has 2 amide bonds. The van der Waals surface area contributed by atoms with Crippen molar-refractivity contribution in [3.63, 3.8) is 0 Å². The van der Waals surface area contributed by atoms with Crippen molar-refractivity contribution in [3.05, 3.63) is 59.8 Å². The molecule has 2 aromatic carbocycles. The third kappa shape index (κ3) is 5.24. The number of anilines is 1. The number of ether oxygens (including phenoxy) is 2. The maximum atomic E-state index is 12.5. The number of fused-ring (bicyclic) bond motifs is 3. The minimum absolute atomic E-state index is 0.0288. The van der Waals surface area contributed by atoms with Gasteiger partial charge in [0.15, 0.2) is 17.3 Å². The Labute approximate surface area is 223 Å². The zero-order valence-corrected chi connectivity index (χ0v) is 22.4. The lowest BCUT2D eigenvalue weighted by Crippen LogP contribution is -2.56. The average Bonchev–Trinajstić information content (AvgIpc) is 3.33. The number of methoxy groups -OCH3 is 2. The molecule has 200 valence electrons. The average molecular weight is 518 g/mol. The predicted octanol–water partition coefficient (Wildman–Crippen LogP) is 4.31. The van der Waals surface area contributed by atoms with Gasteiger partial charge < -0.3 is 20.1 Å². The molecule has 4 heterocycles. The zero-order valence-electron chi connectivity index (χ0n) is 22.4. The third-order valence-electron chi connectivity index (χ3n) is 7.88. The van der Waals surface area contributed by atoms with Crippen molar-refractivity contribution in [2.45, 2.75) is 31.7 Å². The van der Waals surface area contributed by atoms with E-state index in [0.29, 0.717) is 47.2 Å². The van der Waals surface area contributed by atoms with Crippen LogP contribution in [-0.2, 0) is 7.05 Å². The van der Waals surface area contributed by atoms with Gasteiger partial charge in [-0.1, -0.05) is 12.1 Å². The van der Waals surface area contributed by atoms with Crippen LogP contribution in [0.25, 0.3) is 11.3 Å². The molecule has 6 rings (SSSR count). The highest BCUT2D eigenvalue weighted by molar-refractivity contribution is 5.96. The number of carbonyl (C=O) groups excluding carboxylic acids is 2. The van der Waals surface area contributed by atoms with Crippen molar-refractivity contribution < 1.29 is 19.1 Å². The summed E-state index contributed by atoms with van der Waals surface area (Å²) in [7, 11) is 5.29.